The van der Waals surface area contributed by atoms with Gasteiger partial charge in [-0.2, -0.15) is 18.3 Å². The summed E-state index contributed by atoms with van der Waals surface area (Å²) in [4.78, 5) is 14.1. The van der Waals surface area contributed by atoms with E-state index in [9.17, 15) is 26.4 Å². The van der Waals surface area contributed by atoms with Crippen molar-refractivity contribution in [2.45, 2.75) is 18.0 Å². The van der Waals surface area contributed by atoms with Crippen molar-refractivity contribution in [3.63, 3.8) is 0 Å². The van der Waals surface area contributed by atoms with Crippen LogP contribution in [0.15, 0.2) is 59.5 Å². The standard InChI is InChI=1S/C24H18Cl2F3N3O3S2/c1-13-9-20(14-5-3-6-15(10-14)37(2,34)35)36-22(13)19-11-18(23(33)30-12-24(27,28)29)31-32(19)21-16(25)7-4-8-17(21)26/h3-11H,12H2,1-2H3,(H,30,33). The first-order valence-electron chi connectivity index (χ1n) is 10.6. The molecule has 4 aromatic rings. The Balaban J connectivity index is 1.85. The second-order valence-electron chi connectivity index (χ2n) is 8.12. The number of alkyl halides is 3. The molecule has 0 saturated heterocycles. The molecule has 13 heteroatoms. The third kappa shape index (κ3) is 6.01. The summed E-state index contributed by atoms with van der Waals surface area (Å²) >= 11 is 14.1. The lowest BCUT2D eigenvalue weighted by atomic mass is 10.1. The van der Waals surface area contributed by atoms with Crippen molar-refractivity contribution >= 4 is 50.3 Å². The molecule has 0 fully saturated rings. The van der Waals surface area contributed by atoms with Crippen LogP contribution in [0.2, 0.25) is 10.0 Å². The summed E-state index contributed by atoms with van der Waals surface area (Å²) in [5.41, 5.74) is 1.79. The number of aromatic nitrogens is 2. The first-order valence-corrected chi connectivity index (χ1v) is 14.0. The highest BCUT2D eigenvalue weighted by atomic mass is 35.5. The van der Waals surface area contributed by atoms with Crippen molar-refractivity contribution in [3.8, 4) is 26.7 Å². The lowest BCUT2D eigenvalue weighted by molar-refractivity contribution is -0.123. The van der Waals surface area contributed by atoms with Crippen LogP contribution < -0.4 is 5.32 Å². The Morgan fingerprint density at radius 1 is 1.08 bits per heavy atom. The Morgan fingerprint density at radius 3 is 2.35 bits per heavy atom. The van der Waals surface area contributed by atoms with Crippen LogP contribution in [0.1, 0.15) is 16.1 Å². The Hall–Kier alpha value is -2.86. The van der Waals surface area contributed by atoms with Gasteiger partial charge in [0, 0.05) is 11.1 Å². The maximum Gasteiger partial charge on any atom is 0.405 e. The van der Waals surface area contributed by atoms with Gasteiger partial charge in [0.25, 0.3) is 5.91 Å². The highest BCUT2D eigenvalue weighted by Gasteiger charge is 2.29. The van der Waals surface area contributed by atoms with Gasteiger partial charge in [0.15, 0.2) is 15.5 Å². The van der Waals surface area contributed by atoms with E-state index in [-0.39, 0.29) is 26.3 Å². The summed E-state index contributed by atoms with van der Waals surface area (Å²) in [6.07, 6.45) is -3.47. The lowest BCUT2D eigenvalue weighted by Crippen LogP contribution is -2.34. The molecule has 0 saturated carbocycles. The molecule has 0 aliphatic rings. The number of hydrogen-bond acceptors (Lipinski definition) is 5. The highest BCUT2D eigenvalue weighted by Crippen LogP contribution is 2.41. The maximum atomic E-state index is 12.7. The zero-order valence-corrected chi connectivity index (χ0v) is 22.4. The molecular weight excluding hydrogens is 570 g/mol. The van der Waals surface area contributed by atoms with Crippen LogP contribution in [0, 0.1) is 6.92 Å². The van der Waals surface area contributed by atoms with E-state index in [1.165, 1.54) is 28.2 Å². The number of carbonyl (C=O) groups is 1. The van der Waals surface area contributed by atoms with Crippen molar-refractivity contribution in [1.82, 2.24) is 15.1 Å². The minimum Gasteiger partial charge on any atom is -0.342 e. The van der Waals surface area contributed by atoms with Crippen LogP contribution in [0.5, 0.6) is 0 Å². The fourth-order valence-electron chi connectivity index (χ4n) is 3.55. The molecule has 0 bridgehead atoms. The van der Waals surface area contributed by atoms with E-state index in [0.29, 0.717) is 16.1 Å². The second kappa shape index (κ2) is 10.1. The summed E-state index contributed by atoms with van der Waals surface area (Å²) in [6, 6.07) is 14.4. The Kier molecular flexibility index (Phi) is 7.44. The van der Waals surface area contributed by atoms with Gasteiger partial charge in [0.2, 0.25) is 0 Å². The predicted molar refractivity (Wildman–Crippen MR) is 139 cm³/mol. The van der Waals surface area contributed by atoms with Crippen molar-refractivity contribution in [2.75, 3.05) is 12.8 Å². The fourth-order valence-corrected chi connectivity index (χ4v) is 5.94. The van der Waals surface area contributed by atoms with Gasteiger partial charge in [-0.3, -0.25) is 4.79 Å². The predicted octanol–water partition coefficient (Wildman–Crippen LogP) is 6.58. The zero-order chi connectivity index (χ0) is 27.1. The molecule has 194 valence electrons. The molecule has 0 radical (unpaired) electrons. The monoisotopic (exact) mass is 587 g/mol. The number of rotatable bonds is 6. The quantitative estimate of drug-likeness (QED) is 0.276. The number of thiophene rings is 1. The van der Waals surface area contributed by atoms with Gasteiger partial charge in [-0.05, 0) is 54.4 Å². The SMILES string of the molecule is Cc1cc(-c2cccc(S(C)(=O)=O)c2)sc1-c1cc(C(=O)NCC(F)(F)F)nn1-c1c(Cl)cccc1Cl. The van der Waals surface area contributed by atoms with Crippen LogP contribution in [0.25, 0.3) is 26.7 Å². The molecule has 0 spiro atoms. The van der Waals surface area contributed by atoms with E-state index in [1.807, 2.05) is 18.3 Å². The summed E-state index contributed by atoms with van der Waals surface area (Å²) in [5, 5.41) is 6.50. The van der Waals surface area contributed by atoms with E-state index in [1.54, 1.807) is 36.4 Å². The first kappa shape index (κ1) is 27.2. The fraction of sp³-hybridized carbons (Fsp3) is 0.167. The average molecular weight is 588 g/mol. The van der Waals surface area contributed by atoms with Crippen LogP contribution in [-0.4, -0.2) is 43.1 Å². The average Bonchev–Trinajstić information content (AvgIpc) is 3.40. The molecule has 1 N–H and O–H groups in total. The number of para-hydroxylation sites is 1. The molecule has 2 aromatic carbocycles. The van der Waals surface area contributed by atoms with Gasteiger partial charge in [0.1, 0.15) is 12.2 Å². The van der Waals surface area contributed by atoms with Gasteiger partial charge in [-0.1, -0.05) is 41.4 Å². The molecular formula is C24H18Cl2F3N3O3S2. The summed E-state index contributed by atoms with van der Waals surface area (Å²) in [5.74, 6) is -1.02. The molecule has 37 heavy (non-hydrogen) atoms. The van der Waals surface area contributed by atoms with E-state index in [2.05, 4.69) is 5.10 Å². The molecule has 0 unspecified atom stereocenters. The maximum absolute atomic E-state index is 12.7. The van der Waals surface area contributed by atoms with Crippen molar-refractivity contribution in [3.05, 3.63) is 75.9 Å². The summed E-state index contributed by atoms with van der Waals surface area (Å²) in [6.45, 7) is 0.296. The van der Waals surface area contributed by atoms with Gasteiger partial charge < -0.3 is 5.32 Å². The molecule has 2 heterocycles. The zero-order valence-electron chi connectivity index (χ0n) is 19.2. The molecule has 6 nitrogen and oxygen atoms in total. The number of carbonyl (C=O) groups excluding carboxylic acids is 1. The number of benzene rings is 2. The van der Waals surface area contributed by atoms with Crippen molar-refractivity contribution < 1.29 is 26.4 Å². The minimum absolute atomic E-state index is 0.161. The van der Waals surface area contributed by atoms with Crippen LogP contribution in [-0.2, 0) is 9.84 Å². The van der Waals surface area contributed by atoms with Gasteiger partial charge in [-0.25, -0.2) is 13.1 Å². The Bertz CT molecular complexity index is 1590. The number of aryl methyl sites for hydroxylation is 1. The van der Waals surface area contributed by atoms with Crippen molar-refractivity contribution in [1.29, 1.82) is 0 Å². The van der Waals surface area contributed by atoms with E-state index in [0.717, 1.165) is 16.7 Å². The normalized spacial score (nSPS) is 12.1. The van der Waals surface area contributed by atoms with Crippen LogP contribution in [0.3, 0.4) is 0 Å². The number of hydrogen-bond donors (Lipinski definition) is 1. The number of sulfone groups is 1. The smallest absolute Gasteiger partial charge is 0.342 e. The third-order valence-electron chi connectivity index (χ3n) is 5.24. The summed E-state index contributed by atoms with van der Waals surface area (Å²) < 4.78 is 63.3. The number of halogens is 5. The molecule has 1 amide bonds. The number of nitrogens with one attached hydrogen (secondary N) is 1. The van der Waals surface area contributed by atoms with Gasteiger partial charge in [0.05, 0.1) is 25.5 Å². The van der Waals surface area contributed by atoms with E-state index in [4.69, 9.17) is 23.2 Å². The molecule has 2 aromatic heterocycles. The van der Waals surface area contributed by atoms with Gasteiger partial charge in [-0.15, -0.1) is 11.3 Å². The minimum atomic E-state index is -4.59. The highest BCUT2D eigenvalue weighted by molar-refractivity contribution is 7.90. The Morgan fingerprint density at radius 2 is 1.73 bits per heavy atom. The molecule has 4 rings (SSSR count). The largest absolute Gasteiger partial charge is 0.405 e. The first-order chi connectivity index (χ1) is 17.2. The number of nitrogens with zero attached hydrogens (tertiary/aromatic N) is 2. The van der Waals surface area contributed by atoms with Crippen LogP contribution >= 0.6 is 34.5 Å². The van der Waals surface area contributed by atoms with Crippen LogP contribution in [0.4, 0.5) is 13.2 Å². The second-order valence-corrected chi connectivity index (χ2v) is 12.0. The van der Waals surface area contributed by atoms with E-state index < -0.39 is 28.5 Å². The van der Waals surface area contributed by atoms with Crippen molar-refractivity contribution in [2.24, 2.45) is 0 Å². The molecule has 0 aliphatic carbocycles. The summed E-state index contributed by atoms with van der Waals surface area (Å²) in [7, 11) is -3.43. The molecule has 0 aliphatic heterocycles. The topological polar surface area (TPSA) is 81.1 Å². The molecule has 0 atom stereocenters. The third-order valence-corrected chi connectivity index (χ3v) is 8.27. The Labute approximate surface area is 224 Å². The van der Waals surface area contributed by atoms with Gasteiger partial charge >= 0.3 is 6.18 Å². The number of amides is 1. The lowest BCUT2D eigenvalue weighted by Gasteiger charge is -2.11. The van der Waals surface area contributed by atoms with E-state index >= 15 is 0 Å².